The maximum absolute atomic E-state index is 13.6. The molecule has 2 amide bonds. The molecule has 4 aromatic carbocycles. The second kappa shape index (κ2) is 10.8. The van der Waals surface area contributed by atoms with Crippen LogP contribution in [0.2, 0.25) is 0 Å². The van der Waals surface area contributed by atoms with Crippen molar-refractivity contribution in [3.05, 3.63) is 143 Å². The van der Waals surface area contributed by atoms with Crippen LogP contribution in [0.15, 0.2) is 115 Å². The van der Waals surface area contributed by atoms with Gasteiger partial charge in [-0.05, 0) is 34.4 Å². The molecule has 1 atom stereocenters. The highest BCUT2D eigenvalue weighted by molar-refractivity contribution is 5.88. The van der Waals surface area contributed by atoms with E-state index in [-0.39, 0.29) is 24.6 Å². The first kappa shape index (κ1) is 23.9. The molecule has 176 valence electrons. The number of benzene rings is 4. The van der Waals surface area contributed by atoms with Crippen molar-refractivity contribution in [2.45, 2.75) is 24.3 Å². The Morgan fingerprint density at radius 3 is 1.54 bits per heavy atom. The number of rotatable bonds is 9. The highest BCUT2D eigenvalue weighted by atomic mass is 19.1. The average Bonchev–Trinajstić information content (AvgIpc) is 2.89. The normalized spacial score (nSPS) is 12.0. The number of amides is 2. The molecular weight excluding hydrogens is 439 g/mol. The monoisotopic (exact) mass is 466 g/mol. The topological polar surface area (TPSA) is 72.2 Å². The number of halogens is 1. The average molecular weight is 467 g/mol. The maximum atomic E-state index is 13.6. The fourth-order valence-corrected chi connectivity index (χ4v) is 4.54. The van der Waals surface area contributed by atoms with Crippen LogP contribution in [0.4, 0.5) is 4.39 Å². The Morgan fingerprint density at radius 1 is 0.714 bits per heavy atom. The van der Waals surface area contributed by atoms with E-state index in [4.69, 9.17) is 5.73 Å². The largest absolute Gasteiger partial charge is 0.368 e. The van der Waals surface area contributed by atoms with Gasteiger partial charge in [-0.3, -0.25) is 9.59 Å². The third-order valence-corrected chi connectivity index (χ3v) is 6.26. The van der Waals surface area contributed by atoms with Crippen molar-refractivity contribution in [2.75, 3.05) is 0 Å². The van der Waals surface area contributed by atoms with Gasteiger partial charge in [0.2, 0.25) is 11.8 Å². The minimum atomic E-state index is -0.923. The molecular formula is C30H27FN2O2. The molecule has 5 heteroatoms. The number of carbonyl (C=O) groups excluding carboxylic acids is 2. The fourth-order valence-electron chi connectivity index (χ4n) is 4.54. The predicted octanol–water partition coefficient (Wildman–Crippen LogP) is 4.76. The molecule has 3 N–H and O–H groups in total. The van der Waals surface area contributed by atoms with Gasteiger partial charge in [0, 0.05) is 12.8 Å². The van der Waals surface area contributed by atoms with Crippen LogP contribution >= 0.6 is 0 Å². The van der Waals surface area contributed by atoms with Gasteiger partial charge >= 0.3 is 0 Å². The molecule has 0 saturated heterocycles. The van der Waals surface area contributed by atoms with Crippen molar-refractivity contribution in [2.24, 2.45) is 5.73 Å². The number of nitrogens with one attached hydrogen (secondary N) is 1. The molecule has 0 aliphatic heterocycles. The first-order valence-corrected chi connectivity index (χ1v) is 11.5. The van der Waals surface area contributed by atoms with Crippen LogP contribution in [-0.2, 0) is 21.4 Å². The zero-order valence-electron chi connectivity index (χ0n) is 19.2. The van der Waals surface area contributed by atoms with Gasteiger partial charge in [-0.15, -0.1) is 0 Å². The van der Waals surface area contributed by atoms with Gasteiger partial charge in [0.1, 0.15) is 11.9 Å². The number of nitrogens with two attached hydrogens (primary N) is 1. The van der Waals surface area contributed by atoms with E-state index >= 15 is 0 Å². The minimum Gasteiger partial charge on any atom is -0.368 e. The van der Waals surface area contributed by atoms with Gasteiger partial charge in [0.05, 0.1) is 5.41 Å². The SMILES string of the molecule is NC(=O)[C@H](Cc1ccc(F)cc1)NC(=O)CC(c1ccccc1)(c1ccccc1)c1ccccc1. The van der Waals surface area contributed by atoms with Gasteiger partial charge in [0.15, 0.2) is 0 Å². The summed E-state index contributed by atoms with van der Waals surface area (Å²) >= 11 is 0. The van der Waals surface area contributed by atoms with E-state index in [1.165, 1.54) is 12.1 Å². The smallest absolute Gasteiger partial charge is 0.240 e. The van der Waals surface area contributed by atoms with E-state index in [1.807, 2.05) is 91.0 Å². The Bertz CT molecular complexity index is 1160. The lowest BCUT2D eigenvalue weighted by Gasteiger charge is -2.36. The molecule has 0 heterocycles. The van der Waals surface area contributed by atoms with Crippen molar-refractivity contribution in [3.63, 3.8) is 0 Å². The van der Waals surface area contributed by atoms with Crippen LogP contribution in [0.1, 0.15) is 28.7 Å². The molecule has 0 radical (unpaired) electrons. The van der Waals surface area contributed by atoms with E-state index in [0.717, 1.165) is 16.7 Å². The molecule has 0 bridgehead atoms. The highest BCUT2D eigenvalue weighted by Gasteiger charge is 2.39. The van der Waals surface area contributed by atoms with E-state index in [1.54, 1.807) is 12.1 Å². The van der Waals surface area contributed by atoms with Crippen LogP contribution in [-0.4, -0.2) is 17.9 Å². The second-order valence-corrected chi connectivity index (χ2v) is 8.53. The Hall–Kier alpha value is -4.25. The number of carbonyl (C=O) groups is 2. The zero-order valence-corrected chi connectivity index (χ0v) is 19.2. The summed E-state index contributed by atoms with van der Waals surface area (Å²) in [6, 6.07) is 34.5. The summed E-state index contributed by atoms with van der Waals surface area (Å²) in [5.41, 5.74) is 8.43. The van der Waals surface area contributed by atoms with Gasteiger partial charge in [-0.2, -0.15) is 0 Å². The van der Waals surface area contributed by atoms with E-state index in [2.05, 4.69) is 5.32 Å². The van der Waals surface area contributed by atoms with Crippen LogP contribution in [0, 0.1) is 5.82 Å². The Labute approximate surface area is 204 Å². The van der Waals surface area contributed by atoms with Crippen molar-refractivity contribution >= 4 is 11.8 Å². The third-order valence-electron chi connectivity index (χ3n) is 6.26. The molecule has 0 fully saturated rings. The van der Waals surface area contributed by atoms with Crippen molar-refractivity contribution in [3.8, 4) is 0 Å². The molecule has 0 unspecified atom stereocenters. The molecule has 4 rings (SSSR count). The number of primary amides is 1. The van der Waals surface area contributed by atoms with Gasteiger partial charge in [-0.1, -0.05) is 103 Å². The molecule has 0 aliphatic rings. The minimum absolute atomic E-state index is 0.0677. The summed E-state index contributed by atoms with van der Waals surface area (Å²) in [4.78, 5) is 25.8. The lowest BCUT2D eigenvalue weighted by atomic mass is 9.67. The lowest BCUT2D eigenvalue weighted by molar-refractivity contribution is -0.127. The summed E-state index contributed by atoms with van der Waals surface area (Å²) < 4.78 is 13.3. The third kappa shape index (κ3) is 5.46. The first-order chi connectivity index (χ1) is 17.0. The zero-order chi connectivity index (χ0) is 24.7. The standard InChI is InChI=1S/C30H27FN2O2/c31-26-18-16-22(17-19-26)20-27(29(32)35)33-28(34)21-30(23-10-4-1-5-11-23,24-12-6-2-7-13-24)25-14-8-3-9-15-25/h1-19,27H,20-21H2,(H2,32,35)(H,33,34)/t27-/m0/s1. The van der Waals surface area contributed by atoms with Gasteiger partial charge in [-0.25, -0.2) is 4.39 Å². The Kier molecular flexibility index (Phi) is 7.36. The Balaban J connectivity index is 1.72. The molecule has 0 aromatic heterocycles. The highest BCUT2D eigenvalue weighted by Crippen LogP contribution is 2.42. The summed E-state index contributed by atoms with van der Waals surface area (Å²) in [7, 11) is 0. The van der Waals surface area contributed by atoms with Crippen molar-refractivity contribution < 1.29 is 14.0 Å². The van der Waals surface area contributed by atoms with Gasteiger partial charge < -0.3 is 11.1 Å². The van der Waals surface area contributed by atoms with Crippen LogP contribution < -0.4 is 11.1 Å². The molecule has 35 heavy (non-hydrogen) atoms. The molecule has 0 aliphatic carbocycles. The molecule has 4 nitrogen and oxygen atoms in total. The van der Waals surface area contributed by atoms with Crippen LogP contribution in [0.25, 0.3) is 0 Å². The second-order valence-electron chi connectivity index (χ2n) is 8.53. The quantitative estimate of drug-likeness (QED) is 0.349. The molecule has 0 saturated carbocycles. The maximum Gasteiger partial charge on any atom is 0.240 e. The van der Waals surface area contributed by atoms with Gasteiger partial charge in [0.25, 0.3) is 0 Å². The van der Waals surface area contributed by atoms with Crippen LogP contribution in [0.5, 0.6) is 0 Å². The number of hydrogen-bond donors (Lipinski definition) is 2. The molecule has 0 spiro atoms. The van der Waals surface area contributed by atoms with E-state index < -0.39 is 17.4 Å². The van der Waals surface area contributed by atoms with E-state index in [9.17, 15) is 14.0 Å². The first-order valence-electron chi connectivity index (χ1n) is 11.5. The van der Waals surface area contributed by atoms with Crippen molar-refractivity contribution in [1.29, 1.82) is 0 Å². The van der Waals surface area contributed by atoms with Crippen LogP contribution in [0.3, 0.4) is 0 Å². The summed E-state index contributed by atoms with van der Waals surface area (Å²) in [5.74, 6) is -1.33. The van der Waals surface area contributed by atoms with E-state index in [0.29, 0.717) is 5.56 Å². The summed E-state index contributed by atoms with van der Waals surface area (Å²) in [6.07, 6.45) is 0.245. The predicted molar refractivity (Wildman–Crippen MR) is 135 cm³/mol. The molecule has 4 aromatic rings. The summed E-state index contributed by atoms with van der Waals surface area (Å²) in [5, 5.41) is 2.84. The number of hydrogen-bond acceptors (Lipinski definition) is 2. The van der Waals surface area contributed by atoms with Crippen molar-refractivity contribution in [1.82, 2.24) is 5.32 Å². The fraction of sp³-hybridized carbons (Fsp3) is 0.133. The summed E-state index contributed by atoms with van der Waals surface area (Å²) in [6.45, 7) is 0. The lowest BCUT2D eigenvalue weighted by Crippen LogP contribution is -2.48. The Morgan fingerprint density at radius 2 is 1.14 bits per heavy atom.